The first-order chi connectivity index (χ1) is 22.4. The Labute approximate surface area is 269 Å². The van der Waals surface area contributed by atoms with Gasteiger partial charge >= 0.3 is 12.2 Å². The van der Waals surface area contributed by atoms with Crippen molar-refractivity contribution in [2.24, 2.45) is 5.92 Å². The molecule has 2 amide bonds. The molecule has 0 spiro atoms. The summed E-state index contributed by atoms with van der Waals surface area (Å²) in [5, 5.41) is 11.5. The van der Waals surface area contributed by atoms with Crippen LogP contribution in [0.25, 0.3) is 5.65 Å². The third-order valence-corrected chi connectivity index (χ3v) is 9.85. The maximum absolute atomic E-state index is 12.9. The Morgan fingerprint density at radius 2 is 1.83 bits per heavy atom. The summed E-state index contributed by atoms with van der Waals surface area (Å²) in [6.45, 7) is 7.87. The molecular weight excluding hydrogens is 586 g/mol. The molecule has 246 valence electrons. The number of carbonyl (C=O) groups excluding carboxylic acids is 2. The first-order valence-electron chi connectivity index (χ1n) is 16.9. The van der Waals surface area contributed by atoms with E-state index in [-0.39, 0.29) is 49.0 Å². The number of hydrogen-bond donors (Lipinski definition) is 2. The molecule has 2 N–H and O–H groups in total. The summed E-state index contributed by atoms with van der Waals surface area (Å²) >= 11 is 0. The number of nitrogens with one attached hydrogen (secondary N) is 2. The van der Waals surface area contributed by atoms with Gasteiger partial charge in [0.25, 0.3) is 0 Å². The largest absolute Gasteiger partial charge is 0.472 e. The van der Waals surface area contributed by atoms with Gasteiger partial charge in [0.05, 0.1) is 12.7 Å². The van der Waals surface area contributed by atoms with Gasteiger partial charge in [-0.25, -0.2) is 9.59 Å². The van der Waals surface area contributed by atoms with Crippen molar-refractivity contribution in [2.45, 2.75) is 89.2 Å². The van der Waals surface area contributed by atoms with Gasteiger partial charge in [0.2, 0.25) is 5.88 Å². The highest BCUT2D eigenvalue weighted by molar-refractivity contribution is 5.69. The fourth-order valence-corrected chi connectivity index (χ4v) is 7.29. The molecule has 2 bridgehead atoms. The van der Waals surface area contributed by atoms with Gasteiger partial charge in [0.1, 0.15) is 24.6 Å². The first kappa shape index (κ1) is 30.6. The lowest BCUT2D eigenvalue weighted by Crippen LogP contribution is -2.54. The summed E-state index contributed by atoms with van der Waals surface area (Å²) in [6, 6.07) is 12.1. The maximum Gasteiger partial charge on any atom is 0.410 e. The van der Waals surface area contributed by atoms with Crippen molar-refractivity contribution >= 4 is 23.7 Å². The SMILES string of the molecule is CC(C)c1cnn2c(NCC3C[C@H]4CC[C@@H](C3)N4C(=O)OC3CNC3)cc(O[C@@H]3CCCN(C(=O)OCc4ccccc4)C3)nc12. The smallest absolute Gasteiger partial charge is 0.410 e. The van der Waals surface area contributed by atoms with Crippen LogP contribution in [-0.4, -0.2) is 93.6 Å². The quantitative estimate of drug-likeness (QED) is 0.343. The topological polar surface area (TPSA) is 123 Å². The van der Waals surface area contributed by atoms with Crippen LogP contribution in [0.3, 0.4) is 0 Å². The summed E-state index contributed by atoms with van der Waals surface area (Å²) in [5.74, 6) is 2.01. The van der Waals surface area contributed by atoms with E-state index in [2.05, 4.69) is 29.6 Å². The molecule has 0 radical (unpaired) electrons. The number of amides is 2. The van der Waals surface area contributed by atoms with Gasteiger partial charge < -0.3 is 34.6 Å². The van der Waals surface area contributed by atoms with E-state index >= 15 is 0 Å². The minimum Gasteiger partial charge on any atom is -0.472 e. The molecule has 0 aliphatic carbocycles. The molecule has 4 aliphatic rings. The van der Waals surface area contributed by atoms with E-state index in [1.807, 2.05) is 52.0 Å². The normalized spacial score (nSPS) is 24.6. The zero-order valence-electron chi connectivity index (χ0n) is 26.8. The lowest BCUT2D eigenvalue weighted by Gasteiger charge is -2.40. The molecule has 4 saturated heterocycles. The number of nitrogens with zero attached hydrogens (tertiary/aromatic N) is 5. The Bertz CT molecular complexity index is 1510. The van der Waals surface area contributed by atoms with Crippen molar-refractivity contribution in [2.75, 3.05) is 38.0 Å². The van der Waals surface area contributed by atoms with Crippen molar-refractivity contribution in [3.05, 3.63) is 53.7 Å². The number of hydrogen-bond acceptors (Lipinski definition) is 9. The predicted molar refractivity (Wildman–Crippen MR) is 172 cm³/mol. The second-order valence-electron chi connectivity index (χ2n) is 13.5. The van der Waals surface area contributed by atoms with E-state index in [1.165, 1.54) is 0 Å². The molecule has 12 heteroatoms. The Hall–Kier alpha value is -4.06. The van der Waals surface area contributed by atoms with E-state index in [0.717, 1.165) is 80.8 Å². The van der Waals surface area contributed by atoms with Crippen LogP contribution in [0, 0.1) is 5.92 Å². The fourth-order valence-electron chi connectivity index (χ4n) is 7.29. The van der Waals surface area contributed by atoms with Crippen LogP contribution < -0.4 is 15.4 Å². The number of aromatic nitrogens is 3. The number of rotatable bonds is 9. The van der Waals surface area contributed by atoms with Crippen molar-refractivity contribution in [1.29, 1.82) is 0 Å². The number of benzene rings is 1. The molecule has 12 nitrogen and oxygen atoms in total. The van der Waals surface area contributed by atoms with Gasteiger partial charge in [-0.15, -0.1) is 0 Å². The summed E-state index contributed by atoms with van der Waals surface area (Å²) in [6.07, 6.45) is 6.85. The molecule has 7 rings (SSSR count). The standard InChI is InChI=1S/C34H45N7O5/c1-22(2)29-19-37-41-30(36-16-24-13-25-10-11-26(14-24)40(25)34(43)46-28-17-35-18-28)15-31(38-32(29)41)45-27-9-6-12-39(20-27)33(42)44-21-23-7-4-3-5-8-23/h3-5,7-8,15,19,22,24-28,35-36H,6,9-14,16-18,20-21H2,1-2H3/t24?,25-,26+,27-/m1/s1. The Morgan fingerprint density at radius 3 is 2.54 bits per heavy atom. The van der Waals surface area contributed by atoms with Crippen LogP contribution in [0.2, 0.25) is 0 Å². The van der Waals surface area contributed by atoms with Crippen molar-refractivity contribution in [1.82, 2.24) is 29.7 Å². The summed E-state index contributed by atoms with van der Waals surface area (Å²) in [7, 11) is 0. The van der Waals surface area contributed by atoms with Gasteiger partial charge in [0.15, 0.2) is 5.65 Å². The van der Waals surface area contributed by atoms with E-state index in [4.69, 9.17) is 19.2 Å². The number of fused-ring (bicyclic) bond motifs is 3. The number of ether oxygens (including phenoxy) is 3. The second-order valence-corrected chi connectivity index (χ2v) is 13.5. The van der Waals surface area contributed by atoms with Crippen LogP contribution in [-0.2, 0) is 16.1 Å². The third kappa shape index (κ3) is 6.58. The van der Waals surface area contributed by atoms with Gasteiger partial charge in [0, 0.05) is 49.9 Å². The molecule has 4 aliphatic heterocycles. The molecule has 4 fully saturated rings. The Kier molecular flexibility index (Phi) is 8.88. The zero-order chi connectivity index (χ0) is 31.6. The van der Waals surface area contributed by atoms with Crippen molar-refractivity contribution in [3.63, 3.8) is 0 Å². The minimum absolute atomic E-state index is 0.00625. The van der Waals surface area contributed by atoms with Crippen LogP contribution in [0.15, 0.2) is 42.6 Å². The summed E-state index contributed by atoms with van der Waals surface area (Å²) in [4.78, 5) is 34.4. The highest BCUT2D eigenvalue weighted by Crippen LogP contribution is 2.39. The minimum atomic E-state index is -0.325. The second kappa shape index (κ2) is 13.4. The number of anilines is 1. The van der Waals surface area contributed by atoms with Crippen LogP contribution in [0.5, 0.6) is 5.88 Å². The molecule has 2 aromatic heterocycles. The first-order valence-corrected chi connectivity index (χ1v) is 16.9. The molecule has 6 heterocycles. The molecule has 46 heavy (non-hydrogen) atoms. The molecule has 4 atom stereocenters. The van der Waals surface area contributed by atoms with E-state index < -0.39 is 0 Å². The highest BCUT2D eigenvalue weighted by Gasteiger charge is 2.44. The maximum atomic E-state index is 12.9. The monoisotopic (exact) mass is 631 g/mol. The highest BCUT2D eigenvalue weighted by atomic mass is 16.6. The number of piperidine rings is 2. The number of carbonyl (C=O) groups is 2. The van der Waals surface area contributed by atoms with E-state index in [9.17, 15) is 9.59 Å². The van der Waals surface area contributed by atoms with E-state index in [1.54, 1.807) is 4.90 Å². The van der Waals surface area contributed by atoms with Gasteiger partial charge in [-0.05, 0) is 55.9 Å². The summed E-state index contributed by atoms with van der Waals surface area (Å²) < 4.78 is 19.6. The van der Waals surface area contributed by atoms with Crippen molar-refractivity contribution < 1.29 is 23.8 Å². The zero-order valence-corrected chi connectivity index (χ0v) is 26.8. The Morgan fingerprint density at radius 1 is 1.04 bits per heavy atom. The third-order valence-electron chi connectivity index (χ3n) is 9.85. The molecule has 0 saturated carbocycles. The average molecular weight is 632 g/mol. The Balaban J connectivity index is 1.00. The van der Waals surface area contributed by atoms with E-state index in [0.29, 0.717) is 24.9 Å². The summed E-state index contributed by atoms with van der Waals surface area (Å²) in [5.41, 5.74) is 2.78. The van der Waals surface area contributed by atoms with Crippen LogP contribution in [0.4, 0.5) is 15.4 Å². The van der Waals surface area contributed by atoms with Gasteiger partial charge in [-0.3, -0.25) is 0 Å². The molecule has 1 unspecified atom stereocenters. The molecular formula is C34H45N7O5. The fraction of sp³-hybridized carbons (Fsp3) is 0.588. The molecule has 3 aromatic rings. The lowest BCUT2D eigenvalue weighted by atomic mass is 9.91. The van der Waals surface area contributed by atoms with Gasteiger partial charge in [-0.2, -0.15) is 14.6 Å². The average Bonchev–Trinajstić information content (AvgIpc) is 3.59. The lowest BCUT2D eigenvalue weighted by molar-refractivity contribution is 0.0149. The molecule has 1 aromatic carbocycles. The van der Waals surface area contributed by atoms with Crippen LogP contribution >= 0.6 is 0 Å². The van der Waals surface area contributed by atoms with Crippen molar-refractivity contribution in [3.8, 4) is 5.88 Å². The van der Waals surface area contributed by atoms with Crippen LogP contribution in [0.1, 0.15) is 69.4 Å². The van der Waals surface area contributed by atoms with Gasteiger partial charge in [-0.1, -0.05) is 44.2 Å². The number of likely N-dealkylation sites (tertiary alicyclic amines) is 1. The predicted octanol–water partition coefficient (Wildman–Crippen LogP) is 4.80.